The average molecular weight is 210 g/mol. The van der Waals surface area contributed by atoms with Crippen LogP contribution >= 0.6 is 0 Å². The van der Waals surface area contributed by atoms with Crippen LogP contribution in [0.25, 0.3) is 0 Å². The Labute approximate surface area is 92.2 Å². The number of carbonyl (C=O) groups is 1. The Hall–Kier alpha value is -0.570. The molecule has 0 aromatic heterocycles. The van der Waals surface area contributed by atoms with Gasteiger partial charge in [-0.2, -0.15) is 0 Å². The van der Waals surface area contributed by atoms with Gasteiger partial charge >= 0.3 is 0 Å². The molecule has 1 saturated heterocycles. The Morgan fingerprint density at radius 1 is 1.13 bits per heavy atom. The molecule has 1 amide bonds. The van der Waals surface area contributed by atoms with Gasteiger partial charge in [0.05, 0.1) is 12.7 Å². The molecule has 0 aromatic rings. The molecule has 3 nitrogen and oxygen atoms in total. The summed E-state index contributed by atoms with van der Waals surface area (Å²) in [6.45, 7) is 2.73. The van der Waals surface area contributed by atoms with Gasteiger partial charge in [-0.3, -0.25) is 10.1 Å². The molecule has 1 atom stereocenters. The molecule has 1 aliphatic carbocycles. The first-order valence-corrected chi connectivity index (χ1v) is 6.33. The predicted octanol–water partition coefficient (Wildman–Crippen LogP) is 1.88. The summed E-state index contributed by atoms with van der Waals surface area (Å²) in [4.78, 5) is 13.9. The average Bonchev–Trinajstić information content (AvgIpc) is 2.48. The van der Waals surface area contributed by atoms with Gasteiger partial charge in [0.25, 0.3) is 0 Å². The highest BCUT2D eigenvalue weighted by Gasteiger charge is 2.32. The zero-order valence-electron chi connectivity index (χ0n) is 9.67. The van der Waals surface area contributed by atoms with E-state index in [0.717, 1.165) is 6.67 Å². The van der Waals surface area contributed by atoms with E-state index in [0.29, 0.717) is 11.9 Å². The van der Waals surface area contributed by atoms with Crippen molar-refractivity contribution in [3.8, 4) is 0 Å². The lowest BCUT2D eigenvalue weighted by Crippen LogP contribution is -2.38. The van der Waals surface area contributed by atoms with E-state index in [1.807, 2.05) is 6.92 Å². The molecule has 15 heavy (non-hydrogen) atoms. The van der Waals surface area contributed by atoms with Crippen LogP contribution in [0.15, 0.2) is 0 Å². The highest BCUT2D eigenvalue weighted by atomic mass is 16.2. The molecule has 0 spiro atoms. The molecular formula is C12H22N2O. The van der Waals surface area contributed by atoms with E-state index in [1.165, 1.54) is 44.9 Å². The summed E-state index contributed by atoms with van der Waals surface area (Å²) in [5, 5.41) is 3.23. The lowest BCUT2D eigenvalue weighted by atomic mass is 9.96. The van der Waals surface area contributed by atoms with Gasteiger partial charge in [0.15, 0.2) is 0 Å². The first kappa shape index (κ1) is 10.9. The molecular weight excluding hydrogens is 188 g/mol. The fourth-order valence-electron chi connectivity index (χ4n) is 2.70. The molecule has 1 saturated carbocycles. The number of nitrogens with zero attached hydrogens (tertiary/aromatic N) is 1. The van der Waals surface area contributed by atoms with Crippen molar-refractivity contribution in [2.75, 3.05) is 6.67 Å². The van der Waals surface area contributed by atoms with Crippen molar-refractivity contribution < 1.29 is 4.79 Å². The molecule has 1 aliphatic heterocycles. The van der Waals surface area contributed by atoms with Crippen LogP contribution in [-0.4, -0.2) is 29.6 Å². The van der Waals surface area contributed by atoms with Crippen molar-refractivity contribution in [1.82, 2.24) is 10.2 Å². The highest BCUT2D eigenvalue weighted by Crippen LogP contribution is 2.23. The molecule has 2 rings (SSSR count). The van der Waals surface area contributed by atoms with Crippen LogP contribution in [0.2, 0.25) is 0 Å². The third-order valence-electron chi connectivity index (χ3n) is 3.74. The summed E-state index contributed by atoms with van der Waals surface area (Å²) >= 11 is 0. The molecule has 0 aromatic carbocycles. The Bertz CT molecular complexity index is 222. The van der Waals surface area contributed by atoms with E-state index < -0.39 is 0 Å². The van der Waals surface area contributed by atoms with Gasteiger partial charge < -0.3 is 4.90 Å². The van der Waals surface area contributed by atoms with Crippen LogP contribution in [0.5, 0.6) is 0 Å². The smallest absolute Gasteiger partial charge is 0.240 e. The summed E-state index contributed by atoms with van der Waals surface area (Å²) in [6.07, 6.45) is 9.09. The monoisotopic (exact) mass is 210 g/mol. The van der Waals surface area contributed by atoms with Crippen molar-refractivity contribution >= 4 is 5.91 Å². The Morgan fingerprint density at radius 2 is 1.73 bits per heavy atom. The number of hydrogen-bond acceptors (Lipinski definition) is 2. The second-order valence-electron chi connectivity index (χ2n) is 4.89. The van der Waals surface area contributed by atoms with Crippen molar-refractivity contribution in [1.29, 1.82) is 0 Å². The van der Waals surface area contributed by atoms with Gasteiger partial charge in [0.2, 0.25) is 5.91 Å². The predicted molar refractivity (Wildman–Crippen MR) is 60.4 cm³/mol. The minimum Gasteiger partial charge on any atom is -0.326 e. The minimum absolute atomic E-state index is 0.0374. The van der Waals surface area contributed by atoms with Crippen LogP contribution in [0.4, 0.5) is 0 Å². The zero-order valence-corrected chi connectivity index (χ0v) is 9.67. The summed E-state index contributed by atoms with van der Waals surface area (Å²) in [5.74, 6) is 0.306. The fraction of sp³-hybridized carbons (Fsp3) is 0.917. The van der Waals surface area contributed by atoms with E-state index >= 15 is 0 Å². The lowest BCUT2D eigenvalue weighted by molar-refractivity contribution is -0.130. The Kier molecular flexibility index (Phi) is 3.62. The van der Waals surface area contributed by atoms with E-state index in [4.69, 9.17) is 0 Å². The van der Waals surface area contributed by atoms with Gasteiger partial charge in [0.1, 0.15) is 0 Å². The molecule has 0 bridgehead atoms. The first-order chi connectivity index (χ1) is 7.29. The van der Waals surface area contributed by atoms with E-state index in [9.17, 15) is 4.79 Å². The highest BCUT2D eigenvalue weighted by molar-refractivity contribution is 5.83. The summed E-state index contributed by atoms with van der Waals surface area (Å²) in [6, 6.07) is 0.547. The Balaban J connectivity index is 1.93. The molecule has 1 N–H and O–H groups in total. The van der Waals surface area contributed by atoms with Gasteiger partial charge in [-0.15, -0.1) is 0 Å². The van der Waals surface area contributed by atoms with Gasteiger partial charge in [-0.25, -0.2) is 0 Å². The van der Waals surface area contributed by atoms with Crippen LogP contribution in [0.1, 0.15) is 51.9 Å². The number of nitrogens with one attached hydrogen (secondary N) is 1. The molecule has 1 heterocycles. The van der Waals surface area contributed by atoms with Crippen molar-refractivity contribution in [3.63, 3.8) is 0 Å². The molecule has 2 aliphatic rings. The maximum Gasteiger partial charge on any atom is 0.240 e. The zero-order chi connectivity index (χ0) is 10.7. The molecule has 3 heteroatoms. The SMILES string of the molecule is CC1NCN(C2CCCCCCC2)C1=O. The number of carbonyl (C=O) groups excluding carboxylic acids is 1. The van der Waals surface area contributed by atoms with Crippen molar-refractivity contribution in [3.05, 3.63) is 0 Å². The minimum atomic E-state index is 0.0374. The lowest BCUT2D eigenvalue weighted by Gasteiger charge is -2.28. The summed E-state index contributed by atoms with van der Waals surface area (Å²) in [7, 11) is 0. The van der Waals surface area contributed by atoms with Crippen LogP contribution in [0, 0.1) is 0 Å². The third kappa shape index (κ3) is 2.51. The summed E-state index contributed by atoms with van der Waals surface area (Å²) < 4.78 is 0. The number of rotatable bonds is 1. The molecule has 0 radical (unpaired) electrons. The topological polar surface area (TPSA) is 32.3 Å². The largest absolute Gasteiger partial charge is 0.326 e. The number of amides is 1. The van der Waals surface area contributed by atoms with Gasteiger partial charge in [0, 0.05) is 6.04 Å². The maximum atomic E-state index is 11.9. The van der Waals surface area contributed by atoms with Crippen molar-refractivity contribution in [2.45, 2.75) is 64.0 Å². The van der Waals surface area contributed by atoms with Crippen LogP contribution < -0.4 is 5.32 Å². The van der Waals surface area contributed by atoms with Crippen LogP contribution in [0.3, 0.4) is 0 Å². The first-order valence-electron chi connectivity index (χ1n) is 6.33. The second kappa shape index (κ2) is 4.97. The Morgan fingerprint density at radius 3 is 2.27 bits per heavy atom. The van der Waals surface area contributed by atoms with E-state index in [1.54, 1.807) is 0 Å². The second-order valence-corrected chi connectivity index (χ2v) is 4.89. The molecule has 86 valence electrons. The maximum absolute atomic E-state index is 11.9. The number of hydrogen-bond donors (Lipinski definition) is 1. The summed E-state index contributed by atoms with van der Waals surface area (Å²) in [5.41, 5.74) is 0. The third-order valence-corrected chi connectivity index (χ3v) is 3.74. The normalized spacial score (nSPS) is 30.3. The standard InChI is InChI=1S/C12H22N2O/c1-10-12(15)14(9-13-10)11-7-5-3-2-4-6-8-11/h10-11,13H,2-9H2,1H3. The van der Waals surface area contributed by atoms with Gasteiger partial charge in [-0.1, -0.05) is 32.1 Å². The van der Waals surface area contributed by atoms with E-state index in [2.05, 4.69) is 10.2 Å². The van der Waals surface area contributed by atoms with Crippen molar-refractivity contribution in [2.24, 2.45) is 0 Å². The van der Waals surface area contributed by atoms with Gasteiger partial charge in [-0.05, 0) is 19.8 Å². The quantitative estimate of drug-likeness (QED) is 0.716. The van der Waals surface area contributed by atoms with E-state index in [-0.39, 0.29) is 6.04 Å². The molecule has 1 unspecified atom stereocenters. The van der Waals surface area contributed by atoms with Crippen LogP contribution in [-0.2, 0) is 4.79 Å². The fourth-order valence-corrected chi connectivity index (χ4v) is 2.70. The molecule has 2 fully saturated rings.